The van der Waals surface area contributed by atoms with Crippen molar-refractivity contribution in [2.24, 2.45) is 11.7 Å². The number of hydrogen-bond acceptors (Lipinski definition) is 3. The minimum Gasteiger partial charge on any atom is -0.369 e. The maximum absolute atomic E-state index is 11.1. The van der Waals surface area contributed by atoms with E-state index in [1.54, 1.807) is 6.20 Å². The molecule has 1 fully saturated rings. The lowest BCUT2D eigenvalue weighted by molar-refractivity contribution is -0.122. The molecule has 1 unspecified atom stereocenters. The molecule has 1 aliphatic rings. The fourth-order valence-electron chi connectivity index (χ4n) is 1.96. The first kappa shape index (κ1) is 9.96. The summed E-state index contributed by atoms with van der Waals surface area (Å²) in [6, 6.07) is 5.80. The highest BCUT2D eigenvalue weighted by atomic mass is 16.1. The first-order valence-corrected chi connectivity index (χ1v) is 5.22. The highest BCUT2D eigenvalue weighted by molar-refractivity contribution is 5.77. The van der Waals surface area contributed by atoms with E-state index in [0.29, 0.717) is 6.54 Å². The standard InChI is InChI=1S/C11H15N3O/c12-11(15)9-4-3-7-14(8-9)10-5-1-2-6-13-10/h1-2,5-6,9H,3-4,7-8H2,(H2,12,15). The van der Waals surface area contributed by atoms with E-state index in [9.17, 15) is 4.79 Å². The van der Waals surface area contributed by atoms with Gasteiger partial charge < -0.3 is 10.6 Å². The van der Waals surface area contributed by atoms with E-state index in [4.69, 9.17) is 5.73 Å². The Morgan fingerprint density at radius 2 is 2.40 bits per heavy atom. The summed E-state index contributed by atoms with van der Waals surface area (Å²) in [6.07, 6.45) is 3.67. The van der Waals surface area contributed by atoms with Crippen molar-refractivity contribution in [1.82, 2.24) is 4.98 Å². The van der Waals surface area contributed by atoms with Gasteiger partial charge in [0.2, 0.25) is 5.91 Å². The van der Waals surface area contributed by atoms with Crippen LogP contribution in [0, 0.1) is 5.92 Å². The van der Waals surface area contributed by atoms with Gasteiger partial charge in [0.1, 0.15) is 5.82 Å². The molecule has 0 aromatic carbocycles. The zero-order chi connectivity index (χ0) is 10.7. The average Bonchev–Trinajstić information content (AvgIpc) is 2.30. The Hall–Kier alpha value is -1.58. The van der Waals surface area contributed by atoms with Gasteiger partial charge in [-0.05, 0) is 25.0 Å². The number of carbonyl (C=O) groups is 1. The Labute approximate surface area is 89.1 Å². The van der Waals surface area contributed by atoms with Gasteiger partial charge >= 0.3 is 0 Å². The molecular formula is C11H15N3O. The summed E-state index contributed by atoms with van der Waals surface area (Å²) in [5.41, 5.74) is 5.32. The highest BCUT2D eigenvalue weighted by Crippen LogP contribution is 2.20. The summed E-state index contributed by atoms with van der Waals surface area (Å²) < 4.78 is 0. The Bertz CT molecular complexity index is 339. The summed E-state index contributed by atoms with van der Waals surface area (Å²) in [6.45, 7) is 1.66. The van der Waals surface area contributed by atoms with Crippen molar-refractivity contribution < 1.29 is 4.79 Å². The molecule has 0 saturated carbocycles. The number of nitrogens with two attached hydrogens (primary N) is 1. The number of nitrogens with zero attached hydrogens (tertiary/aromatic N) is 2. The van der Waals surface area contributed by atoms with Crippen LogP contribution < -0.4 is 10.6 Å². The zero-order valence-corrected chi connectivity index (χ0v) is 8.60. The van der Waals surface area contributed by atoms with Gasteiger partial charge in [-0.1, -0.05) is 6.07 Å². The van der Waals surface area contributed by atoms with Crippen LogP contribution in [-0.4, -0.2) is 24.0 Å². The molecule has 2 heterocycles. The lowest BCUT2D eigenvalue weighted by Gasteiger charge is -2.31. The quantitative estimate of drug-likeness (QED) is 0.776. The first-order chi connectivity index (χ1) is 7.27. The fourth-order valence-corrected chi connectivity index (χ4v) is 1.96. The third kappa shape index (κ3) is 2.26. The van der Waals surface area contributed by atoms with E-state index in [1.807, 2.05) is 18.2 Å². The molecule has 0 aliphatic carbocycles. The number of anilines is 1. The van der Waals surface area contributed by atoms with Gasteiger partial charge in [0.15, 0.2) is 0 Å². The molecule has 15 heavy (non-hydrogen) atoms. The fraction of sp³-hybridized carbons (Fsp3) is 0.455. The molecule has 0 spiro atoms. The summed E-state index contributed by atoms with van der Waals surface area (Å²) >= 11 is 0. The van der Waals surface area contributed by atoms with Crippen molar-refractivity contribution in [2.45, 2.75) is 12.8 Å². The number of pyridine rings is 1. The molecule has 80 valence electrons. The number of hydrogen-bond donors (Lipinski definition) is 1. The second-order valence-electron chi connectivity index (χ2n) is 3.88. The molecule has 1 saturated heterocycles. The number of carbonyl (C=O) groups excluding carboxylic acids is 1. The predicted octanol–water partition coefficient (Wildman–Crippen LogP) is 0.783. The van der Waals surface area contributed by atoms with Crippen molar-refractivity contribution in [3.63, 3.8) is 0 Å². The average molecular weight is 205 g/mol. The Balaban J connectivity index is 2.08. The first-order valence-electron chi connectivity index (χ1n) is 5.22. The van der Waals surface area contributed by atoms with Crippen LogP contribution in [0.25, 0.3) is 0 Å². The maximum atomic E-state index is 11.1. The topological polar surface area (TPSA) is 59.2 Å². The van der Waals surface area contributed by atoms with Crippen LogP contribution in [0.1, 0.15) is 12.8 Å². The minimum atomic E-state index is -0.198. The van der Waals surface area contributed by atoms with E-state index >= 15 is 0 Å². The van der Waals surface area contributed by atoms with E-state index in [2.05, 4.69) is 9.88 Å². The van der Waals surface area contributed by atoms with E-state index in [1.165, 1.54) is 0 Å². The summed E-state index contributed by atoms with van der Waals surface area (Å²) in [5, 5.41) is 0. The van der Waals surface area contributed by atoms with E-state index in [-0.39, 0.29) is 11.8 Å². The van der Waals surface area contributed by atoms with Crippen LogP contribution in [0.4, 0.5) is 5.82 Å². The second kappa shape index (κ2) is 4.29. The van der Waals surface area contributed by atoms with E-state index < -0.39 is 0 Å². The zero-order valence-electron chi connectivity index (χ0n) is 8.60. The summed E-state index contributed by atoms with van der Waals surface area (Å²) in [5.74, 6) is 0.708. The minimum absolute atomic E-state index is 0.0271. The van der Waals surface area contributed by atoms with Crippen LogP contribution >= 0.6 is 0 Å². The molecule has 2 N–H and O–H groups in total. The van der Waals surface area contributed by atoms with Crippen LogP contribution in [-0.2, 0) is 4.79 Å². The maximum Gasteiger partial charge on any atom is 0.222 e. The normalized spacial score (nSPS) is 21.3. The van der Waals surface area contributed by atoms with Gasteiger partial charge in [0.25, 0.3) is 0 Å². The number of aromatic nitrogens is 1. The summed E-state index contributed by atoms with van der Waals surface area (Å²) in [4.78, 5) is 17.5. The van der Waals surface area contributed by atoms with Crippen molar-refractivity contribution in [2.75, 3.05) is 18.0 Å². The molecule has 1 amide bonds. The molecule has 2 rings (SSSR count). The smallest absolute Gasteiger partial charge is 0.222 e. The van der Waals surface area contributed by atoms with Crippen molar-refractivity contribution in [1.29, 1.82) is 0 Å². The van der Waals surface area contributed by atoms with E-state index in [0.717, 1.165) is 25.2 Å². The predicted molar refractivity (Wildman–Crippen MR) is 58.4 cm³/mol. The monoisotopic (exact) mass is 205 g/mol. The number of piperidine rings is 1. The largest absolute Gasteiger partial charge is 0.369 e. The third-order valence-corrected chi connectivity index (χ3v) is 2.80. The van der Waals surface area contributed by atoms with Crippen molar-refractivity contribution >= 4 is 11.7 Å². The van der Waals surface area contributed by atoms with Crippen LogP contribution in [0.2, 0.25) is 0 Å². The number of rotatable bonds is 2. The molecule has 1 aromatic rings. The molecule has 1 atom stereocenters. The Morgan fingerprint density at radius 3 is 3.07 bits per heavy atom. The number of primary amides is 1. The SMILES string of the molecule is NC(=O)C1CCCN(c2ccccn2)C1. The summed E-state index contributed by atoms with van der Waals surface area (Å²) in [7, 11) is 0. The van der Waals surface area contributed by atoms with Crippen LogP contribution in [0.15, 0.2) is 24.4 Å². The molecule has 1 aliphatic heterocycles. The lowest BCUT2D eigenvalue weighted by Crippen LogP contribution is -2.41. The Kier molecular flexibility index (Phi) is 2.85. The van der Waals surface area contributed by atoms with Crippen LogP contribution in [0.3, 0.4) is 0 Å². The van der Waals surface area contributed by atoms with Gasteiger partial charge in [-0.3, -0.25) is 4.79 Å². The van der Waals surface area contributed by atoms with Crippen molar-refractivity contribution in [3.8, 4) is 0 Å². The van der Waals surface area contributed by atoms with Gasteiger partial charge in [0, 0.05) is 19.3 Å². The highest BCUT2D eigenvalue weighted by Gasteiger charge is 2.24. The van der Waals surface area contributed by atoms with Gasteiger partial charge in [-0.2, -0.15) is 0 Å². The van der Waals surface area contributed by atoms with Gasteiger partial charge in [-0.25, -0.2) is 4.98 Å². The Morgan fingerprint density at radius 1 is 1.53 bits per heavy atom. The van der Waals surface area contributed by atoms with Crippen LogP contribution in [0.5, 0.6) is 0 Å². The third-order valence-electron chi connectivity index (χ3n) is 2.80. The van der Waals surface area contributed by atoms with Gasteiger partial charge in [-0.15, -0.1) is 0 Å². The molecule has 4 heteroatoms. The van der Waals surface area contributed by atoms with Crippen molar-refractivity contribution in [3.05, 3.63) is 24.4 Å². The second-order valence-corrected chi connectivity index (χ2v) is 3.88. The number of amides is 1. The lowest BCUT2D eigenvalue weighted by atomic mass is 9.97. The van der Waals surface area contributed by atoms with Gasteiger partial charge in [0.05, 0.1) is 5.92 Å². The molecular weight excluding hydrogens is 190 g/mol. The molecule has 0 radical (unpaired) electrons. The molecule has 0 bridgehead atoms. The molecule has 1 aromatic heterocycles. The molecule has 4 nitrogen and oxygen atoms in total.